The van der Waals surface area contributed by atoms with Crippen LogP contribution in [0.4, 0.5) is 5.69 Å². The Kier molecular flexibility index (Phi) is 8.80. The predicted octanol–water partition coefficient (Wildman–Crippen LogP) is 6.28. The van der Waals surface area contributed by atoms with Gasteiger partial charge in [-0.1, -0.05) is 66.2 Å². The third-order valence-corrected chi connectivity index (χ3v) is 6.75. The second-order valence-corrected chi connectivity index (χ2v) is 9.45. The number of hydrogen-bond acceptors (Lipinski definition) is 3. The number of benzene rings is 3. The van der Waals surface area contributed by atoms with Crippen LogP contribution in [0.25, 0.3) is 0 Å². The first-order valence-electron chi connectivity index (χ1n) is 12.2. The van der Waals surface area contributed by atoms with Gasteiger partial charge in [0, 0.05) is 17.3 Å². The fourth-order valence-corrected chi connectivity index (χ4v) is 4.73. The Morgan fingerprint density at radius 3 is 2.33 bits per heavy atom. The van der Waals surface area contributed by atoms with E-state index in [2.05, 4.69) is 17.5 Å². The van der Waals surface area contributed by atoms with Crippen LogP contribution >= 0.6 is 11.6 Å². The number of ether oxygens (including phenoxy) is 1. The SMILES string of the molecule is COc1ccc(NC(=O)[C@H]([C@@H]2CC=CCC2)N(Cc2ccc(Cl)cc2)C(=O)Cc2ccccc2)cc1. The smallest absolute Gasteiger partial charge is 0.247 e. The molecule has 5 nitrogen and oxygen atoms in total. The highest BCUT2D eigenvalue weighted by molar-refractivity contribution is 6.30. The molecule has 0 bridgehead atoms. The predicted molar refractivity (Wildman–Crippen MR) is 144 cm³/mol. The van der Waals surface area contributed by atoms with Crippen molar-refractivity contribution >= 4 is 29.1 Å². The van der Waals surface area contributed by atoms with Gasteiger partial charge in [-0.2, -0.15) is 0 Å². The van der Waals surface area contributed by atoms with E-state index in [1.54, 1.807) is 24.1 Å². The number of halogens is 1. The zero-order chi connectivity index (χ0) is 25.3. The Bertz CT molecular complexity index is 1180. The molecule has 1 aliphatic carbocycles. The number of anilines is 1. The van der Waals surface area contributed by atoms with Gasteiger partial charge in [0.25, 0.3) is 0 Å². The summed E-state index contributed by atoms with van der Waals surface area (Å²) in [6, 6.07) is 23.7. The van der Waals surface area contributed by atoms with Gasteiger partial charge in [0.05, 0.1) is 13.5 Å². The third kappa shape index (κ3) is 6.76. The molecule has 2 amide bonds. The van der Waals surface area contributed by atoms with Crippen molar-refractivity contribution in [3.05, 3.63) is 107 Å². The van der Waals surface area contributed by atoms with Crippen LogP contribution in [0.3, 0.4) is 0 Å². The Labute approximate surface area is 217 Å². The summed E-state index contributed by atoms with van der Waals surface area (Å²) in [6.45, 7) is 0.323. The molecule has 0 heterocycles. The molecule has 36 heavy (non-hydrogen) atoms. The first-order valence-corrected chi connectivity index (χ1v) is 12.6. The van der Waals surface area contributed by atoms with E-state index in [0.29, 0.717) is 23.0 Å². The fraction of sp³-hybridized carbons (Fsp3) is 0.267. The minimum Gasteiger partial charge on any atom is -0.497 e. The number of hydrogen-bond donors (Lipinski definition) is 1. The maximum Gasteiger partial charge on any atom is 0.247 e. The molecule has 0 unspecified atom stereocenters. The van der Waals surface area contributed by atoms with Crippen molar-refractivity contribution in [2.75, 3.05) is 12.4 Å². The van der Waals surface area contributed by atoms with Crippen molar-refractivity contribution in [2.24, 2.45) is 5.92 Å². The molecular weight excluding hydrogens is 472 g/mol. The number of methoxy groups -OCH3 is 1. The second-order valence-electron chi connectivity index (χ2n) is 9.02. The molecule has 0 fully saturated rings. The van der Waals surface area contributed by atoms with Crippen molar-refractivity contribution in [1.82, 2.24) is 4.90 Å². The van der Waals surface area contributed by atoms with Crippen LogP contribution < -0.4 is 10.1 Å². The molecule has 1 N–H and O–H groups in total. The van der Waals surface area contributed by atoms with Crippen LogP contribution in [0.5, 0.6) is 5.75 Å². The van der Waals surface area contributed by atoms with E-state index in [4.69, 9.17) is 16.3 Å². The van der Waals surface area contributed by atoms with E-state index in [-0.39, 0.29) is 24.2 Å². The lowest BCUT2D eigenvalue weighted by molar-refractivity contribution is -0.141. The molecule has 0 aliphatic heterocycles. The van der Waals surface area contributed by atoms with Gasteiger partial charge in [-0.25, -0.2) is 0 Å². The van der Waals surface area contributed by atoms with Crippen molar-refractivity contribution in [3.8, 4) is 5.75 Å². The molecule has 1 aliphatic rings. The van der Waals surface area contributed by atoms with Gasteiger partial charge in [0.1, 0.15) is 11.8 Å². The summed E-state index contributed by atoms with van der Waals surface area (Å²) in [4.78, 5) is 29.4. The second kappa shape index (κ2) is 12.4. The summed E-state index contributed by atoms with van der Waals surface area (Å²) in [5, 5.41) is 3.68. The summed E-state index contributed by atoms with van der Waals surface area (Å²) in [5.74, 6) is 0.459. The van der Waals surface area contributed by atoms with Gasteiger partial charge in [-0.3, -0.25) is 9.59 Å². The molecule has 0 aromatic heterocycles. The molecule has 4 rings (SSSR count). The molecule has 0 saturated heterocycles. The quantitative estimate of drug-likeness (QED) is 0.350. The topological polar surface area (TPSA) is 58.6 Å². The summed E-state index contributed by atoms with van der Waals surface area (Å²) in [7, 11) is 1.60. The van der Waals surface area contributed by atoms with Gasteiger partial charge in [-0.05, 0) is 72.7 Å². The van der Waals surface area contributed by atoms with Gasteiger partial charge in [0.15, 0.2) is 0 Å². The molecular formula is C30H31ClN2O3. The average molecular weight is 503 g/mol. The van der Waals surface area contributed by atoms with Crippen LogP contribution in [-0.4, -0.2) is 29.9 Å². The first-order chi connectivity index (χ1) is 17.5. The van der Waals surface area contributed by atoms with Crippen LogP contribution in [0.15, 0.2) is 91.0 Å². The lowest BCUT2D eigenvalue weighted by Gasteiger charge is -2.37. The fourth-order valence-electron chi connectivity index (χ4n) is 4.60. The van der Waals surface area contributed by atoms with E-state index < -0.39 is 6.04 Å². The Hall–Kier alpha value is -3.57. The molecule has 0 saturated carbocycles. The lowest BCUT2D eigenvalue weighted by Crippen LogP contribution is -2.51. The highest BCUT2D eigenvalue weighted by atomic mass is 35.5. The zero-order valence-corrected chi connectivity index (χ0v) is 21.2. The van der Waals surface area contributed by atoms with Crippen molar-refractivity contribution in [3.63, 3.8) is 0 Å². The number of amides is 2. The molecule has 0 radical (unpaired) electrons. The summed E-state index contributed by atoms with van der Waals surface area (Å²) in [5.41, 5.74) is 2.51. The van der Waals surface area contributed by atoms with E-state index in [1.165, 1.54) is 0 Å². The van der Waals surface area contributed by atoms with E-state index in [1.807, 2.05) is 66.7 Å². The van der Waals surface area contributed by atoms with E-state index in [0.717, 1.165) is 30.4 Å². The number of nitrogens with zero attached hydrogens (tertiary/aromatic N) is 1. The molecule has 3 aromatic rings. The summed E-state index contributed by atoms with van der Waals surface area (Å²) >= 11 is 6.10. The lowest BCUT2D eigenvalue weighted by atomic mass is 9.85. The average Bonchev–Trinajstić information content (AvgIpc) is 2.91. The van der Waals surface area contributed by atoms with Gasteiger partial charge in [-0.15, -0.1) is 0 Å². The van der Waals surface area contributed by atoms with E-state index in [9.17, 15) is 9.59 Å². The number of nitrogens with one attached hydrogen (secondary N) is 1. The number of carbonyl (C=O) groups is 2. The van der Waals surface area contributed by atoms with Gasteiger partial charge < -0.3 is 15.0 Å². The van der Waals surface area contributed by atoms with Crippen molar-refractivity contribution in [1.29, 1.82) is 0 Å². The van der Waals surface area contributed by atoms with E-state index >= 15 is 0 Å². The number of rotatable bonds is 9. The Morgan fingerprint density at radius 2 is 1.69 bits per heavy atom. The largest absolute Gasteiger partial charge is 0.497 e. The van der Waals surface area contributed by atoms with Gasteiger partial charge >= 0.3 is 0 Å². The van der Waals surface area contributed by atoms with Crippen LogP contribution in [0.2, 0.25) is 5.02 Å². The normalized spacial score (nSPS) is 15.7. The number of carbonyl (C=O) groups excluding carboxylic acids is 2. The number of allylic oxidation sites excluding steroid dienone is 2. The Morgan fingerprint density at radius 1 is 0.972 bits per heavy atom. The molecule has 186 valence electrons. The monoisotopic (exact) mass is 502 g/mol. The molecule has 6 heteroatoms. The van der Waals surface area contributed by atoms with Crippen LogP contribution in [0, 0.1) is 5.92 Å². The zero-order valence-electron chi connectivity index (χ0n) is 20.4. The highest BCUT2D eigenvalue weighted by Gasteiger charge is 2.36. The molecule has 0 spiro atoms. The maximum atomic E-state index is 13.8. The summed E-state index contributed by atoms with van der Waals surface area (Å²) in [6.07, 6.45) is 6.96. The Balaban J connectivity index is 1.66. The summed E-state index contributed by atoms with van der Waals surface area (Å²) < 4.78 is 5.24. The third-order valence-electron chi connectivity index (χ3n) is 6.50. The minimum atomic E-state index is -0.621. The minimum absolute atomic E-state index is 0.0141. The highest BCUT2D eigenvalue weighted by Crippen LogP contribution is 2.29. The van der Waals surface area contributed by atoms with Gasteiger partial charge in [0.2, 0.25) is 11.8 Å². The van der Waals surface area contributed by atoms with Crippen LogP contribution in [0.1, 0.15) is 30.4 Å². The van der Waals surface area contributed by atoms with Crippen LogP contribution in [-0.2, 0) is 22.6 Å². The maximum absolute atomic E-state index is 13.8. The van der Waals surface area contributed by atoms with Crippen molar-refractivity contribution < 1.29 is 14.3 Å². The van der Waals surface area contributed by atoms with Crippen molar-refractivity contribution in [2.45, 2.75) is 38.3 Å². The first kappa shape index (κ1) is 25.5. The standard InChI is InChI=1S/C30H31ClN2O3/c1-36-27-18-16-26(17-19-27)32-30(35)29(24-10-6-3-7-11-24)33(21-23-12-14-25(31)15-13-23)28(34)20-22-8-4-2-5-9-22/h2-6,8-9,12-19,24,29H,7,10-11,20-21H2,1H3,(H,32,35)/t24-,29+/m1/s1. The molecule has 2 atom stereocenters. The molecule has 3 aromatic carbocycles.